The van der Waals surface area contributed by atoms with Gasteiger partial charge in [0, 0.05) is 45.9 Å². The van der Waals surface area contributed by atoms with Gasteiger partial charge in [0.05, 0.1) is 70.9 Å². The van der Waals surface area contributed by atoms with Gasteiger partial charge >= 0.3 is 35.8 Å². The molecule has 4 aliphatic heterocycles. The van der Waals surface area contributed by atoms with Gasteiger partial charge in [0.15, 0.2) is 0 Å². The lowest BCUT2D eigenvalue weighted by molar-refractivity contribution is -0.189. The van der Waals surface area contributed by atoms with Crippen LogP contribution < -0.4 is 43.9 Å². The Balaban J connectivity index is 0.000000310. The van der Waals surface area contributed by atoms with Crippen LogP contribution in [0, 0.1) is 0 Å². The number of benzene rings is 2. The van der Waals surface area contributed by atoms with Gasteiger partial charge in [-0.1, -0.05) is 244 Å². The van der Waals surface area contributed by atoms with Gasteiger partial charge in [0.1, 0.15) is 48.6 Å². The Bertz CT molecular complexity index is 5070. The van der Waals surface area contributed by atoms with E-state index in [9.17, 15) is 67.4 Å². The van der Waals surface area contributed by atoms with Crippen LogP contribution in [-0.2, 0) is 119 Å². The zero-order valence-corrected chi connectivity index (χ0v) is 81.9. The number of cyclic esters (lactones) is 2. The maximum absolute atomic E-state index is 13.9. The third-order valence-corrected chi connectivity index (χ3v) is 25.4. The van der Waals surface area contributed by atoms with Crippen molar-refractivity contribution in [3.8, 4) is 22.8 Å². The number of hydrogen-bond donors (Lipinski definition) is 7. The molecule has 10 rings (SSSR count). The fraction of sp³-hybridized carbons (Fsp3) is 0.629. The molecule has 2 aromatic carbocycles. The minimum Gasteiger partial charge on any atom is -0.480 e. The monoisotopic (exact) mass is 1870 g/mol. The zero-order valence-electron chi connectivity index (χ0n) is 81.9. The number of carboxylic acids is 1. The summed E-state index contributed by atoms with van der Waals surface area (Å²) < 4.78 is 36.2. The van der Waals surface area contributed by atoms with Gasteiger partial charge in [0.25, 0.3) is 17.6 Å². The predicted octanol–water partition coefficient (Wildman–Crippen LogP) is 17.1. The Hall–Kier alpha value is -10.8. The number of carbonyl (C=O) groups excluding carboxylic acids is 10. The lowest BCUT2D eigenvalue weighted by Gasteiger charge is -2.35. The summed E-state index contributed by atoms with van der Waals surface area (Å²) in [6, 6.07) is 18.6. The van der Waals surface area contributed by atoms with Gasteiger partial charge in [0.2, 0.25) is 34.8 Å². The summed E-state index contributed by atoms with van der Waals surface area (Å²) >= 11 is 0. The highest BCUT2D eigenvalue weighted by Gasteiger charge is 2.52. The Morgan fingerprint density at radius 2 is 0.793 bits per heavy atom. The van der Waals surface area contributed by atoms with Crippen LogP contribution in [-0.4, -0.2) is 139 Å². The van der Waals surface area contributed by atoms with Gasteiger partial charge in [-0.2, -0.15) is 0 Å². The molecule has 30 heteroatoms. The van der Waals surface area contributed by atoms with Crippen molar-refractivity contribution in [3.05, 3.63) is 127 Å². The molecular weight excluding hydrogens is 1720 g/mol. The van der Waals surface area contributed by atoms with Crippen molar-refractivity contribution in [1.29, 1.82) is 0 Å². The third kappa shape index (κ3) is 33.0. The quantitative estimate of drug-likeness (QED) is 0.00805. The molecule has 0 radical (unpaired) electrons. The Labute approximate surface area is 796 Å². The predicted molar refractivity (Wildman–Crippen MR) is 519 cm³/mol. The molecule has 4 aliphatic rings. The van der Waals surface area contributed by atoms with Crippen LogP contribution >= 0.6 is 0 Å². The maximum atomic E-state index is 13.9. The van der Waals surface area contributed by atoms with E-state index in [1.807, 2.05) is 81.4 Å². The number of hydrogen-bond acceptors (Lipinski definition) is 23. The summed E-state index contributed by atoms with van der Waals surface area (Å²) in [4.78, 5) is 181. The van der Waals surface area contributed by atoms with E-state index < -0.39 is 113 Å². The second-order valence-corrected chi connectivity index (χ2v) is 38.4. The smallest absolute Gasteiger partial charge is 0.355 e. The number of rotatable bonds is 57. The SMILES string of the molecule is CC(C)(C)OC=O.CCCCCCCCCCCCCCCCC(NC(=O)C(CCCCN)NC(=O)CCC(=O)O[C@]1(CC)C(=O)OCc2c1cc1n(c2=O)Cc2cc3ccccc3nc2-1)C(=O)O.CCCCCCCCCCCCCCCCC(NC(=O)C(CCCCN)NC(=O)CCC(=O)O[C@]1(CC)C(=O)OCc2c1cc1n(c2=O)Cc2cc3ccccc3nc2-1)C(=O)OC(C)(C)C. The highest BCUT2D eigenvalue weighted by molar-refractivity contribution is 5.95. The van der Waals surface area contributed by atoms with E-state index in [-0.39, 0.29) is 104 Å². The number of unbranched alkanes of at least 4 members (excludes halogenated alkanes) is 28. The maximum Gasteiger partial charge on any atom is 0.355 e. The summed E-state index contributed by atoms with van der Waals surface area (Å²) in [5.41, 5.74) is 12.1. The van der Waals surface area contributed by atoms with Crippen LogP contribution in [0.3, 0.4) is 0 Å². The number of carboxylic acid groups (broad SMARTS) is 1. The molecule has 30 nitrogen and oxygen atoms in total. The van der Waals surface area contributed by atoms with Gasteiger partial charge < -0.3 is 75.4 Å². The first-order valence-electron chi connectivity index (χ1n) is 50.1. The molecule has 0 bridgehead atoms. The molecule has 8 heterocycles. The number of carbonyl (C=O) groups is 11. The van der Waals surface area contributed by atoms with Crippen molar-refractivity contribution in [2.75, 3.05) is 13.1 Å². The molecule has 0 fully saturated rings. The summed E-state index contributed by atoms with van der Waals surface area (Å²) in [5, 5.41) is 22.7. The highest BCUT2D eigenvalue weighted by atomic mass is 16.6. The molecule has 6 atom stereocenters. The van der Waals surface area contributed by atoms with E-state index in [0.29, 0.717) is 87.4 Å². The summed E-state index contributed by atoms with van der Waals surface area (Å²) in [5.74, 6) is -7.41. The summed E-state index contributed by atoms with van der Waals surface area (Å²) in [6.07, 6.45) is 35.0. The average molecular weight is 1870 g/mol. The number of ether oxygens (including phenoxy) is 6. The van der Waals surface area contributed by atoms with E-state index in [2.05, 4.69) is 39.9 Å². The van der Waals surface area contributed by atoms with E-state index in [4.69, 9.17) is 45.1 Å². The summed E-state index contributed by atoms with van der Waals surface area (Å²) in [7, 11) is 0. The molecular formula is C105H152N10O20. The Morgan fingerprint density at radius 3 is 1.13 bits per heavy atom. The first-order valence-corrected chi connectivity index (χ1v) is 50.1. The highest BCUT2D eigenvalue weighted by Crippen LogP contribution is 2.44. The second-order valence-electron chi connectivity index (χ2n) is 38.4. The van der Waals surface area contributed by atoms with Crippen molar-refractivity contribution in [2.24, 2.45) is 11.5 Å². The molecule has 742 valence electrons. The molecule has 0 aliphatic carbocycles. The number of esters is 5. The van der Waals surface area contributed by atoms with Crippen molar-refractivity contribution >= 4 is 87.7 Å². The molecule has 135 heavy (non-hydrogen) atoms. The van der Waals surface area contributed by atoms with Crippen LogP contribution in [0.4, 0.5) is 0 Å². The fourth-order valence-electron chi connectivity index (χ4n) is 17.8. The molecule has 0 saturated carbocycles. The number of pyridine rings is 4. The lowest BCUT2D eigenvalue weighted by atomic mass is 9.85. The number of amides is 4. The summed E-state index contributed by atoms with van der Waals surface area (Å²) in [6.45, 7) is 19.8. The minimum atomic E-state index is -1.93. The first-order chi connectivity index (χ1) is 64.8. The Kier molecular flexibility index (Phi) is 45.0. The fourth-order valence-corrected chi connectivity index (χ4v) is 17.8. The minimum absolute atomic E-state index is 0.0285. The van der Waals surface area contributed by atoms with Crippen molar-refractivity contribution in [3.63, 3.8) is 0 Å². The topological polar surface area (TPSA) is 433 Å². The molecule has 6 aromatic rings. The first kappa shape index (κ1) is 110. The number of aromatic nitrogens is 4. The van der Waals surface area contributed by atoms with E-state index >= 15 is 0 Å². The van der Waals surface area contributed by atoms with E-state index in [0.717, 1.165) is 77.9 Å². The van der Waals surface area contributed by atoms with Gasteiger partial charge in [-0.3, -0.25) is 43.2 Å². The Morgan fingerprint density at radius 1 is 0.452 bits per heavy atom. The molecule has 0 spiro atoms. The number of fused-ring (bicyclic) bond motifs is 10. The van der Waals surface area contributed by atoms with Gasteiger partial charge in [-0.15, -0.1) is 0 Å². The molecule has 9 N–H and O–H groups in total. The number of nitrogens with two attached hydrogens (primary N) is 2. The van der Waals surface area contributed by atoms with Crippen LogP contribution in [0.1, 0.15) is 372 Å². The number of nitrogens with zero attached hydrogens (tertiary/aromatic N) is 4. The van der Waals surface area contributed by atoms with Crippen LogP contribution in [0.25, 0.3) is 44.6 Å². The number of nitrogens with one attached hydrogen (secondary N) is 4. The molecule has 4 amide bonds. The van der Waals surface area contributed by atoms with Crippen LogP contribution in [0.2, 0.25) is 0 Å². The zero-order chi connectivity index (χ0) is 98.1. The van der Waals surface area contributed by atoms with E-state index in [1.54, 1.807) is 55.9 Å². The number of aliphatic carboxylic acids is 1. The van der Waals surface area contributed by atoms with Gasteiger partial charge in [-0.05, 0) is 155 Å². The molecule has 4 aromatic heterocycles. The average Bonchev–Trinajstić information content (AvgIpc) is 1.66. The third-order valence-electron chi connectivity index (χ3n) is 25.4. The van der Waals surface area contributed by atoms with Crippen LogP contribution in [0.5, 0.6) is 0 Å². The lowest BCUT2D eigenvalue weighted by Crippen LogP contribution is -2.52. The molecule has 0 saturated heterocycles. The van der Waals surface area contributed by atoms with Gasteiger partial charge in [-0.25, -0.2) is 29.1 Å². The van der Waals surface area contributed by atoms with Crippen molar-refractivity contribution in [2.45, 2.75) is 412 Å². The van der Waals surface area contributed by atoms with Crippen molar-refractivity contribution < 1.29 is 86.3 Å². The normalized spacial score (nSPS) is 15.9. The molecule has 4 unspecified atom stereocenters. The largest absolute Gasteiger partial charge is 0.480 e. The second kappa shape index (κ2) is 55.5. The van der Waals surface area contributed by atoms with E-state index in [1.165, 1.54) is 128 Å². The van der Waals surface area contributed by atoms with Crippen molar-refractivity contribution in [1.82, 2.24) is 40.4 Å². The standard InChI is InChI=1S/C52H75N5O9.C48H67N5O9.C5H10O2/c1-6-8-9-10-11-12-13-14-15-16-17-18-19-20-28-42(49(62)66-51(3,4)5)56-47(60)41(27-23-24-31-53)54-44(58)29-30-45(59)65-52(7-2)39-33-43-46-37(32-36-25-21-22-26-40(36)55-46)34-57(43)48(61)38(39)35-64-50(52)63;1-3-5-6-7-8-9-10-11-12-13-14-15-16-17-25-39(46(58)59)52-44(56)38(24-20-21-28-49)50-41(54)26-27-42(55)62-48(4-2)36-30-40-43-34(29-33-22-18-19-23-37(33)51-43)31-53(40)45(57)35(36)32-61-47(48)60;1-5(2,3)7-4-6/h21-22,25-26,32-33,41-42H,6-20,23-24,27-31,34-35,53H2,1-5H3,(H,54,58)(H,56,60);18-19,22-23,29-30,38-39H,3-17,20-21,24-28,31-32,49H2,1-2H3,(H,50,54)(H,52,56)(H,58,59);4H,1-3H3/t41?,42?,52-;38?,39?,48-;/m00./s1. The van der Waals surface area contributed by atoms with Crippen LogP contribution in [0.15, 0.2) is 82.4 Å². The number of para-hydroxylation sites is 2.